The van der Waals surface area contributed by atoms with Crippen molar-refractivity contribution in [3.63, 3.8) is 0 Å². The van der Waals surface area contributed by atoms with Crippen LogP contribution in [-0.4, -0.2) is 119 Å². The van der Waals surface area contributed by atoms with Gasteiger partial charge in [-0.2, -0.15) is 0 Å². The molecule has 0 aromatic carbocycles. The number of unbranched alkanes of at least 4 members (excludes halogenated alkanes) is 2. The summed E-state index contributed by atoms with van der Waals surface area (Å²) in [5, 5.41) is 62.2. The summed E-state index contributed by atoms with van der Waals surface area (Å²) in [5.41, 5.74) is 1.31. The van der Waals surface area contributed by atoms with Crippen LogP contribution in [-0.2, 0) is 28.8 Å². The molecule has 18 heteroatoms. The van der Waals surface area contributed by atoms with Crippen molar-refractivity contribution in [2.45, 2.75) is 19.3 Å². The maximum Gasteiger partial charge on any atom is 0.323 e. The normalized spacial score (nSPS) is 10.6. The molecule has 0 aliphatic rings. The van der Waals surface area contributed by atoms with E-state index >= 15 is 0 Å². The van der Waals surface area contributed by atoms with Crippen LogP contribution in [0.25, 0.3) is 0 Å². The van der Waals surface area contributed by atoms with Crippen LogP contribution >= 0.6 is 22.7 Å². The summed E-state index contributed by atoms with van der Waals surface area (Å²) >= 11 is 2.33. The van der Waals surface area contributed by atoms with Crippen LogP contribution in [0.1, 0.15) is 19.3 Å². The zero-order chi connectivity index (χ0) is 32.1. The number of thiophene rings is 2. The molecule has 2 rings (SSSR count). The van der Waals surface area contributed by atoms with Crippen LogP contribution < -0.4 is 19.6 Å². The lowest BCUT2D eigenvalue weighted by molar-refractivity contribution is -0.138. The lowest BCUT2D eigenvalue weighted by Gasteiger charge is -2.29. The minimum Gasteiger partial charge on any atom is -0.480 e. The summed E-state index contributed by atoms with van der Waals surface area (Å²) in [5.74, 6) is -7.31. The molecule has 0 saturated carbocycles. The van der Waals surface area contributed by atoms with Crippen LogP contribution in [0.15, 0.2) is 21.5 Å². The number of aliphatic carboxylic acids is 6. The Morgan fingerprint density at radius 1 is 0.419 bits per heavy atom. The summed E-state index contributed by atoms with van der Waals surface area (Å²) < 4.78 is 0. The maximum atomic E-state index is 11.6. The van der Waals surface area contributed by atoms with Crippen LogP contribution in [0.4, 0.5) is 22.7 Å². The fraction of sp³-hybridized carbons (Fsp3) is 0.440. The smallest absolute Gasteiger partial charge is 0.323 e. The van der Waals surface area contributed by atoms with E-state index in [9.17, 15) is 59.4 Å². The third kappa shape index (κ3) is 11.7. The molecule has 0 atom stereocenters. The van der Waals surface area contributed by atoms with E-state index in [-0.39, 0.29) is 24.5 Å². The molecule has 0 fully saturated rings. The fourth-order valence-electron chi connectivity index (χ4n) is 4.30. The monoisotopic (exact) mass is 644 g/mol. The van der Waals surface area contributed by atoms with Crippen molar-refractivity contribution >= 4 is 81.2 Å². The summed E-state index contributed by atoms with van der Waals surface area (Å²) in [7, 11) is 0. The van der Waals surface area contributed by atoms with E-state index in [2.05, 4.69) is 0 Å². The van der Waals surface area contributed by atoms with Gasteiger partial charge in [0.15, 0.2) is 0 Å². The Morgan fingerprint density at radius 2 is 0.651 bits per heavy atom. The largest absolute Gasteiger partial charge is 0.480 e. The maximum absolute atomic E-state index is 11.6. The zero-order valence-electron chi connectivity index (χ0n) is 22.8. The van der Waals surface area contributed by atoms with Crippen molar-refractivity contribution in [1.29, 1.82) is 0 Å². The molecule has 0 spiro atoms. The van der Waals surface area contributed by atoms with Crippen molar-refractivity contribution in [3.8, 4) is 0 Å². The number of carbonyl (C=O) groups is 6. The second-order valence-corrected chi connectivity index (χ2v) is 10.7. The number of rotatable bonds is 22. The highest BCUT2D eigenvalue weighted by Gasteiger charge is 2.24. The van der Waals surface area contributed by atoms with Gasteiger partial charge in [-0.25, -0.2) is 0 Å². The minimum atomic E-state index is -1.25. The zero-order valence-corrected chi connectivity index (χ0v) is 24.5. The SMILES string of the molecule is O=C(O)CN(CCCCCN(CC(=O)O)c1cscc1N(CC(=O)O)CC(=O)O)c1cscc1N(CC(=O)O)CC(=O)O. The van der Waals surface area contributed by atoms with Gasteiger partial charge in [0, 0.05) is 34.6 Å². The standard InChI is InChI=1S/C25H32N4O12S2/c30-20(31)6-26(16-12-42-14-18(16)28(8-22(34)35)9-23(36)37)4-2-1-3-5-27(7-21(32)33)17-13-43-15-19(17)29(10-24(38)39)11-25(40)41/h12-15H,1-11H2,(H,30,31)(H,32,33)(H,34,35)(H,36,37)(H,38,39)(H,40,41). The van der Waals surface area contributed by atoms with Gasteiger partial charge in [0.05, 0.1) is 22.7 Å². The molecule has 0 saturated heterocycles. The summed E-state index contributed by atoms with van der Waals surface area (Å²) in [6, 6.07) is 0. The molecule has 2 heterocycles. The predicted octanol–water partition coefficient (Wildman–Crippen LogP) is 1.41. The highest BCUT2D eigenvalue weighted by atomic mass is 32.1. The van der Waals surface area contributed by atoms with Crippen LogP contribution in [0.3, 0.4) is 0 Å². The third-order valence-corrected chi connectivity index (χ3v) is 7.36. The third-order valence-electron chi connectivity index (χ3n) is 5.92. The first kappa shape index (κ1) is 34.6. The van der Waals surface area contributed by atoms with Gasteiger partial charge in [0.25, 0.3) is 0 Å². The number of nitrogens with zero attached hydrogens (tertiary/aromatic N) is 4. The summed E-state index contributed by atoms with van der Waals surface area (Å²) in [4.78, 5) is 73.7. The predicted molar refractivity (Wildman–Crippen MR) is 157 cm³/mol. The van der Waals surface area contributed by atoms with Crippen LogP contribution in [0, 0.1) is 0 Å². The Morgan fingerprint density at radius 3 is 0.907 bits per heavy atom. The molecule has 0 radical (unpaired) electrons. The fourth-order valence-corrected chi connectivity index (χ4v) is 6.03. The van der Waals surface area contributed by atoms with Crippen LogP contribution in [0.2, 0.25) is 0 Å². The van der Waals surface area contributed by atoms with E-state index < -0.39 is 75.1 Å². The van der Waals surface area contributed by atoms with Gasteiger partial charge in [0.2, 0.25) is 0 Å². The second-order valence-electron chi connectivity index (χ2n) is 9.26. The van der Waals surface area contributed by atoms with E-state index in [1.807, 2.05) is 0 Å². The van der Waals surface area contributed by atoms with E-state index in [4.69, 9.17) is 0 Å². The Balaban J connectivity index is 2.14. The topological polar surface area (TPSA) is 237 Å². The Hall–Kier alpha value is -4.58. The lowest BCUT2D eigenvalue weighted by atomic mass is 10.2. The molecular formula is C25H32N4O12S2. The Kier molecular flexibility index (Phi) is 13.5. The number of hydrogen-bond acceptors (Lipinski definition) is 12. The molecule has 16 nitrogen and oxygen atoms in total. The van der Waals surface area contributed by atoms with Gasteiger partial charge in [-0.1, -0.05) is 0 Å². The number of carboxylic acid groups (broad SMARTS) is 6. The first-order chi connectivity index (χ1) is 20.3. The van der Waals surface area contributed by atoms with Gasteiger partial charge in [-0.05, 0) is 19.3 Å². The lowest BCUT2D eigenvalue weighted by Crippen LogP contribution is -2.37. The molecule has 43 heavy (non-hydrogen) atoms. The number of hydrogen-bond donors (Lipinski definition) is 6. The number of carboxylic acids is 6. The Bertz CT molecular complexity index is 1170. The van der Waals surface area contributed by atoms with Crippen molar-refractivity contribution in [2.75, 3.05) is 72.0 Å². The average molecular weight is 645 g/mol. The van der Waals surface area contributed by atoms with E-state index in [1.54, 1.807) is 21.5 Å². The molecule has 236 valence electrons. The molecule has 0 bridgehead atoms. The first-order valence-electron chi connectivity index (χ1n) is 12.7. The highest BCUT2D eigenvalue weighted by molar-refractivity contribution is 7.09. The molecule has 0 amide bonds. The summed E-state index contributed by atoms with van der Waals surface area (Å²) in [6.07, 6.45) is 1.40. The van der Waals surface area contributed by atoms with Gasteiger partial charge in [-0.15, -0.1) is 22.7 Å². The molecular weight excluding hydrogens is 612 g/mol. The summed E-state index contributed by atoms with van der Waals surface area (Å²) in [6.45, 7) is -2.81. The van der Waals surface area contributed by atoms with Gasteiger partial charge < -0.3 is 50.2 Å². The Labute approximate surface area is 253 Å². The molecule has 0 aliphatic carbocycles. The highest BCUT2D eigenvalue weighted by Crippen LogP contribution is 2.35. The molecule has 0 unspecified atom stereocenters. The first-order valence-corrected chi connectivity index (χ1v) is 14.6. The quantitative estimate of drug-likeness (QED) is 0.0994. The van der Waals surface area contributed by atoms with Crippen molar-refractivity contribution in [2.24, 2.45) is 0 Å². The van der Waals surface area contributed by atoms with Gasteiger partial charge in [-0.3, -0.25) is 28.8 Å². The van der Waals surface area contributed by atoms with Crippen molar-refractivity contribution in [3.05, 3.63) is 21.5 Å². The van der Waals surface area contributed by atoms with Gasteiger partial charge >= 0.3 is 35.8 Å². The van der Waals surface area contributed by atoms with E-state index in [0.29, 0.717) is 30.6 Å². The molecule has 0 aliphatic heterocycles. The second kappa shape index (κ2) is 16.8. The van der Waals surface area contributed by atoms with Crippen molar-refractivity contribution in [1.82, 2.24) is 0 Å². The minimum absolute atomic E-state index is 0.220. The van der Waals surface area contributed by atoms with Crippen molar-refractivity contribution < 1.29 is 59.4 Å². The molecule has 6 N–H and O–H groups in total. The number of anilines is 4. The van der Waals surface area contributed by atoms with E-state index in [0.717, 1.165) is 9.80 Å². The molecule has 2 aromatic rings. The molecule has 2 aromatic heterocycles. The van der Waals surface area contributed by atoms with Crippen LogP contribution in [0.5, 0.6) is 0 Å². The van der Waals surface area contributed by atoms with Gasteiger partial charge in [0.1, 0.15) is 39.3 Å². The van der Waals surface area contributed by atoms with E-state index in [1.165, 1.54) is 32.5 Å². The average Bonchev–Trinajstić information content (AvgIpc) is 3.55.